The van der Waals surface area contributed by atoms with Crippen LogP contribution in [0.15, 0.2) is 48.1 Å². The second-order valence-corrected chi connectivity index (χ2v) is 8.73. The topological polar surface area (TPSA) is 75.4 Å². The number of rotatable bonds is 8. The molecule has 32 heavy (non-hydrogen) atoms. The van der Waals surface area contributed by atoms with Crippen molar-refractivity contribution in [3.63, 3.8) is 0 Å². The van der Waals surface area contributed by atoms with Crippen LogP contribution in [0.5, 0.6) is 0 Å². The van der Waals surface area contributed by atoms with Gasteiger partial charge in [0.2, 0.25) is 0 Å². The maximum atomic E-state index is 12.9. The predicted molar refractivity (Wildman–Crippen MR) is 129 cm³/mol. The van der Waals surface area contributed by atoms with Gasteiger partial charge in [-0.1, -0.05) is 19.9 Å². The van der Waals surface area contributed by atoms with E-state index >= 15 is 0 Å². The quantitative estimate of drug-likeness (QED) is 0.435. The van der Waals surface area contributed by atoms with Gasteiger partial charge >= 0.3 is 0 Å². The molecule has 0 fully saturated rings. The van der Waals surface area contributed by atoms with E-state index in [1.54, 1.807) is 22.0 Å². The van der Waals surface area contributed by atoms with E-state index in [2.05, 4.69) is 41.1 Å². The Hall–Kier alpha value is -3.10. The van der Waals surface area contributed by atoms with Crippen molar-refractivity contribution in [3.05, 3.63) is 59.4 Å². The summed E-state index contributed by atoms with van der Waals surface area (Å²) in [6.07, 6.45) is 3.66. The number of carbonyl (C=O) groups excluding carboxylic acids is 1. The van der Waals surface area contributed by atoms with Gasteiger partial charge in [0.05, 0.1) is 28.0 Å². The average molecular weight is 449 g/mol. The zero-order valence-electron chi connectivity index (χ0n) is 18.9. The van der Waals surface area contributed by atoms with E-state index in [-0.39, 0.29) is 11.9 Å². The van der Waals surface area contributed by atoms with E-state index in [0.29, 0.717) is 17.8 Å². The van der Waals surface area contributed by atoms with E-state index in [4.69, 9.17) is 4.98 Å². The van der Waals surface area contributed by atoms with Crippen molar-refractivity contribution < 1.29 is 4.79 Å². The second kappa shape index (κ2) is 9.58. The van der Waals surface area contributed by atoms with Crippen molar-refractivity contribution in [3.8, 4) is 21.8 Å². The first kappa shape index (κ1) is 22.1. The average Bonchev–Trinajstić information content (AvgIpc) is 3.47. The fourth-order valence-corrected chi connectivity index (χ4v) is 4.56. The molecule has 166 valence electrons. The van der Waals surface area contributed by atoms with Crippen molar-refractivity contribution in [2.24, 2.45) is 0 Å². The number of aryl methyl sites for hydroxylation is 1. The smallest absolute Gasteiger partial charge is 0.251 e. The van der Waals surface area contributed by atoms with Crippen LogP contribution in [0, 0.1) is 6.92 Å². The summed E-state index contributed by atoms with van der Waals surface area (Å²) in [7, 11) is 0. The van der Waals surface area contributed by atoms with Crippen LogP contribution in [0.3, 0.4) is 0 Å². The standard InChI is InChI=1S/C24H28N6OS/c1-5-29(6-2)17(4)14-25-24(31)18-12-16(3)27-21(13-18)19-15-26-30-10-9-20(28-23(19)30)22-8-7-11-32-22/h7-13,15,17H,5-6,14H2,1-4H3,(H,25,31)/t17-/m0/s1. The van der Waals surface area contributed by atoms with E-state index in [0.717, 1.165) is 40.6 Å². The van der Waals surface area contributed by atoms with Gasteiger partial charge in [0.15, 0.2) is 5.65 Å². The summed E-state index contributed by atoms with van der Waals surface area (Å²) < 4.78 is 1.74. The molecule has 4 aromatic heterocycles. The summed E-state index contributed by atoms with van der Waals surface area (Å²) >= 11 is 1.65. The minimum Gasteiger partial charge on any atom is -0.350 e. The van der Waals surface area contributed by atoms with E-state index in [9.17, 15) is 4.79 Å². The highest BCUT2D eigenvalue weighted by molar-refractivity contribution is 7.13. The minimum atomic E-state index is -0.0977. The Balaban J connectivity index is 1.62. The third-order valence-corrected chi connectivity index (χ3v) is 6.52. The monoisotopic (exact) mass is 448 g/mol. The molecule has 0 aliphatic rings. The number of carbonyl (C=O) groups is 1. The van der Waals surface area contributed by atoms with E-state index in [1.807, 2.05) is 48.8 Å². The van der Waals surface area contributed by atoms with Gasteiger partial charge in [-0.15, -0.1) is 11.3 Å². The highest BCUT2D eigenvalue weighted by atomic mass is 32.1. The van der Waals surface area contributed by atoms with E-state index < -0.39 is 0 Å². The van der Waals surface area contributed by atoms with E-state index in [1.165, 1.54) is 0 Å². The third kappa shape index (κ3) is 4.56. The fourth-order valence-electron chi connectivity index (χ4n) is 3.87. The summed E-state index contributed by atoms with van der Waals surface area (Å²) in [4.78, 5) is 25.8. The van der Waals surface area contributed by atoms with Gasteiger partial charge in [-0.25, -0.2) is 9.50 Å². The van der Waals surface area contributed by atoms with Gasteiger partial charge in [0.25, 0.3) is 5.91 Å². The van der Waals surface area contributed by atoms with Gasteiger partial charge in [-0.2, -0.15) is 5.10 Å². The molecule has 0 spiro atoms. The Morgan fingerprint density at radius 3 is 2.72 bits per heavy atom. The van der Waals surface area contributed by atoms with Gasteiger partial charge in [0.1, 0.15) is 0 Å². The van der Waals surface area contributed by atoms with Crippen LogP contribution in [0.25, 0.3) is 27.5 Å². The zero-order valence-corrected chi connectivity index (χ0v) is 19.7. The fraction of sp³-hybridized carbons (Fsp3) is 0.333. The molecular formula is C24H28N6OS. The SMILES string of the molecule is CCN(CC)[C@@H](C)CNC(=O)c1cc(C)nc(-c2cnn3ccc(-c4cccs4)nc23)c1. The minimum absolute atomic E-state index is 0.0977. The highest BCUT2D eigenvalue weighted by Crippen LogP contribution is 2.27. The number of likely N-dealkylation sites (N-methyl/N-ethyl adjacent to an activating group) is 1. The molecule has 1 atom stereocenters. The molecule has 4 heterocycles. The Bertz CT molecular complexity index is 1210. The Morgan fingerprint density at radius 1 is 1.19 bits per heavy atom. The number of amides is 1. The first-order chi connectivity index (χ1) is 15.5. The lowest BCUT2D eigenvalue weighted by Gasteiger charge is -2.26. The molecule has 0 unspecified atom stereocenters. The molecule has 1 amide bonds. The molecule has 0 bridgehead atoms. The molecule has 8 heteroatoms. The van der Waals surface area contributed by atoms with Crippen LogP contribution in [-0.4, -0.2) is 56.1 Å². The summed E-state index contributed by atoms with van der Waals surface area (Å²) in [5.74, 6) is -0.0977. The second-order valence-electron chi connectivity index (χ2n) is 7.78. The first-order valence-corrected chi connectivity index (χ1v) is 11.8. The largest absolute Gasteiger partial charge is 0.350 e. The highest BCUT2D eigenvalue weighted by Gasteiger charge is 2.16. The van der Waals surface area contributed by atoms with Crippen LogP contribution in [-0.2, 0) is 0 Å². The molecule has 4 rings (SSSR count). The molecular weight excluding hydrogens is 420 g/mol. The molecule has 0 radical (unpaired) electrons. The lowest BCUT2D eigenvalue weighted by atomic mass is 10.1. The molecule has 4 aromatic rings. The van der Waals surface area contributed by atoms with Crippen molar-refractivity contribution in [2.45, 2.75) is 33.7 Å². The number of thiophene rings is 1. The van der Waals surface area contributed by atoms with Crippen LogP contribution in [0.2, 0.25) is 0 Å². The molecule has 0 aliphatic carbocycles. The lowest BCUT2D eigenvalue weighted by molar-refractivity contribution is 0.0938. The molecule has 1 N–H and O–H groups in total. The number of fused-ring (bicyclic) bond motifs is 1. The Kier molecular flexibility index (Phi) is 6.62. The number of nitrogens with one attached hydrogen (secondary N) is 1. The zero-order chi connectivity index (χ0) is 22.7. The van der Waals surface area contributed by atoms with Crippen LogP contribution in [0.4, 0.5) is 0 Å². The van der Waals surface area contributed by atoms with Crippen LogP contribution in [0.1, 0.15) is 36.8 Å². The number of nitrogens with zero attached hydrogens (tertiary/aromatic N) is 5. The molecule has 0 aliphatic heterocycles. The number of pyridine rings is 1. The van der Waals surface area contributed by atoms with Gasteiger partial charge in [-0.05, 0) is 56.6 Å². The molecule has 0 saturated heterocycles. The van der Waals surface area contributed by atoms with Gasteiger partial charge < -0.3 is 5.32 Å². The van der Waals surface area contributed by atoms with Crippen molar-refractivity contribution >= 4 is 22.9 Å². The van der Waals surface area contributed by atoms with Crippen molar-refractivity contribution in [1.29, 1.82) is 0 Å². The Morgan fingerprint density at radius 2 is 2.00 bits per heavy atom. The van der Waals surface area contributed by atoms with Crippen molar-refractivity contribution in [1.82, 2.24) is 29.8 Å². The van der Waals surface area contributed by atoms with Gasteiger partial charge in [-0.3, -0.25) is 14.7 Å². The van der Waals surface area contributed by atoms with Gasteiger partial charge in [0, 0.05) is 30.0 Å². The molecule has 0 saturated carbocycles. The third-order valence-electron chi connectivity index (χ3n) is 5.63. The summed E-state index contributed by atoms with van der Waals surface area (Å²) in [5, 5.41) is 9.53. The molecule has 7 nitrogen and oxygen atoms in total. The maximum Gasteiger partial charge on any atom is 0.251 e. The lowest BCUT2D eigenvalue weighted by Crippen LogP contribution is -2.42. The summed E-state index contributed by atoms with van der Waals surface area (Å²) in [6, 6.07) is 9.92. The number of hydrogen-bond acceptors (Lipinski definition) is 6. The summed E-state index contributed by atoms with van der Waals surface area (Å²) in [6.45, 7) is 10.8. The van der Waals surface area contributed by atoms with Crippen LogP contribution >= 0.6 is 11.3 Å². The Labute approximate surface area is 192 Å². The van der Waals surface area contributed by atoms with Crippen LogP contribution < -0.4 is 5.32 Å². The predicted octanol–water partition coefficient (Wildman–Crippen LogP) is 4.29. The number of hydrogen-bond donors (Lipinski definition) is 1. The first-order valence-electron chi connectivity index (χ1n) is 10.9. The maximum absolute atomic E-state index is 12.9. The summed E-state index contributed by atoms with van der Waals surface area (Å²) in [5.41, 5.74) is 4.47. The normalized spacial score (nSPS) is 12.4. The number of aromatic nitrogens is 4. The van der Waals surface area contributed by atoms with Crippen molar-refractivity contribution in [2.75, 3.05) is 19.6 Å². The molecule has 0 aromatic carbocycles.